The van der Waals surface area contributed by atoms with E-state index in [-0.39, 0.29) is 17.6 Å². The molecule has 1 aliphatic carbocycles. The number of hydrogen-bond acceptors (Lipinski definition) is 3. The third kappa shape index (κ3) is 3.01. The van der Waals surface area contributed by atoms with Crippen LogP contribution in [0, 0.1) is 0 Å². The van der Waals surface area contributed by atoms with Crippen LogP contribution in [-0.2, 0) is 9.47 Å². The quantitative estimate of drug-likeness (QED) is 0.821. The van der Waals surface area contributed by atoms with Crippen molar-refractivity contribution < 1.29 is 14.3 Å². The van der Waals surface area contributed by atoms with Crippen molar-refractivity contribution in [1.29, 1.82) is 0 Å². The average molecular weight is 349 g/mol. The monoisotopic (exact) mass is 349 g/mol. The lowest BCUT2D eigenvalue weighted by molar-refractivity contribution is 0.121. The molecule has 1 atom stereocenters. The minimum atomic E-state index is -0.390. The van der Waals surface area contributed by atoms with Gasteiger partial charge in [-0.2, -0.15) is 0 Å². The Hall–Kier alpha value is -2.59. The largest absolute Gasteiger partial charge is 0.449 e. The first-order valence-electron chi connectivity index (χ1n) is 9.04. The Morgan fingerprint density at radius 3 is 2.42 bits per heavy atom. The molecule has 1 saturated heterocycles. The van der Waals surface area contributed by atoms with Gasteiger partial charge in [0.15, 0.2) is 0 Å². The lowest BCUT2D eigenvalue weighted by atomic mass is 9.95. The lowest BCUT2D eigenvalue weighted by Crippen LogP contribution is -2.49. The van der Waals surface area contributed by atoms with Gasteiger partial charge in [-0.05, 0) is 35.1 Å². The molecule has 1 unspecified atom stereocenters. The van der Waals surface area contributed by atoms with Crippen LogP contribution in [0.2, 0.25) is 0 Å². The van der Waals surface area contributed by atoms with Crippen LogP contribution in [0.15, 0.2) is 61.2 Å². The van der Waals surface area contributed by atoms with Gasteiger partial charge < -0.3 is 14.8 Å². The number of nitrogens with one attached hydrogen (secondary N) is 1. The molecule has 1 heterocycles. The minimum absolute atomic E-state index is 0.0725. The number of fused-ring (bicyclic) bond motifs is 3. The SMILES string of the molecule is C=CCC1(NC(=O)OCC2c3ccccc3-c3ccccc32)CCOC1. The second kappa shape index (κ2) is 6.96. The maximum Gasteiger partial charge on any atom is 0.407 e. The summed E-state index contributed by atoms with van der Waals surface area (Å²) in [5, 5.41) is 3.01. The van der Waals surface area contributed by atoms with Gasteiger partial charge in [0.2, 0.25) is 0 Å². The maximum atomic E-state index is 12.4. The van der Waals surface area contributed by atoms with E-state index in [1.165, 1.54) is 22.3 Å². The Morgan fingerprint density at radius 1 is 1.19 bits per heavy atom. The van der Waals surface area contributed by atoms with Gasteiger partial charge in [0.05, 0.1) is 12.1 Å². The van der Waals surface area contributed by atoms with Gasteiger partial charge in [0.25, 0.3) is 0 Å². The number of ether oxygens (including phenoxy) is 2. The summed E-state index contributed by atoms with van der Waals surface area (Å²) in [4.78, 5) is 12.4. The summed E-state index contributed by atoms with van der Waals surface area (Å²) >= 11 is 0. The first-order valence-corrected chi connectivity index (χ1v) is 9.04. The summed E-state index contributed by atoms with van der Waals surface area (Å²) in [6, 6.07) is 16.7. The van der Waals surface area contributed by atoms with Gasteiger partial charge in [-0.15, -0.1) is 6.58 Å². The molecule has 0 radical (unpaired) electrons. The van der Waals surface area contributed by atoms with E-state index in [1.807, 2.05) is 30.3 Å². The predicted molar refractivity (Wildman–Crippen MR) is 101 cm³/mol. The number of carbonyl (C=O) groups excluding carboxylic acids is 1. The standard InChI is InChI=1S/C22H23NO3/c1-2-11-22(12-13-25-15-22)23-21(24)26-14-20-18-9-5-3-7-16(18)17-8-4-6-10-19(17)20/h2-10,20H,1,11-15H2,(H,23,24). The normalized spacial score (nSPS) is 21.1. The summed E-state index contributed by atoms with van der Waals surface area (Å²) in [6.07, 6.45) is 2.89. The predicted octanol–water partition coefficient (Wildman–Crippen LogP) is 4.26. The Bertz CT molecular complexity index is 778. The van der Waals surface area contributed by atoms with Crippen LogP contribution in [0.4, 0.5) is 4.79 Å². The molecule has 2 aromatic rings. The number of rotatable bonds is 5. The molecule has 1 N–H and O–H groups in total. The fourth-order valence-electron chi connectivity index (χ4n) is 4.05. The zero-order valence-electron chi connectivity index (χ0n) is 14.7. The molecule has 4 nitrogen and oxygen atoms in total. The second-order valence-corrected chi connectivity index (χ2v) is 7.03. The highest BCUT2D eigenvalue weighted by Crippen LogP contribution is 2.44. The van der Waals surface area contributed by atoms with E-state index < -0.39 is 0 Å². The lowest BCUT2D eigenvalue weighted by Gasteiger charge is -2.27. The van der Waals surface area contributed by atoms with E-state index >= 15 is 0 Å². The summed E-state index contributed by atoms with van der Waals surface area (Å²) in [7, 11) is 0. The van der Waals surface area contributed by atoms with Crippen molar-refractivity contribution in [2.75, 3.05) is 19.8 Å². The second-order valence-electron chi connectivity index (χ2n) is 7.03. The van der Waals surface area contributed by atoms with E-state index in [4.69, 9.17) is 9.47 Å². The van der Waals surface area contributed by atoms with Gasteiger partial charge in [0, 0.05) is 12.5 Å². The number of alkyl carbamates (subject to hydrolysis) is 1. The average Bonchev–Trinajstić information content (AvgIpc) is 3.23. The maximum absolute atomic E-state index is 12.4. The van der Waals surface area contributed by atoms with Gasteiger partial charge in [-0.3, -0.25) is 0 Å². The zero-order chi connectivity index (χ0) is 18.0. The summed E-state index contributed by atoms with van der Waals surface area (Å²) in [6.45, 7) is 5.27. The molecule has 1 aliphatic heterocycles. The fraction of sp³-hybridized carbons (Fsp3) is 0.318. The van der Waals surface area contributed by atoms with Crippen molar-refractivity contribution in [2.24, 2.45) is 0 Å². The molecule has 2 aliphatic rings. The van der Waals surface area contributed by atoms with Crippen LogP contribution in [0.1, 0.15) is 29.9 Å². The molecule has 0 bridgehead atoms. The van der Waals surface area contributed by atoms with Crippen LogP contribution in [0.25, 0.3) is 11.1 Å². The topological polar surface area (TPSA) is 47.6 Å². The number of hydrogen-bond donors (Lipinski definition) is 1. The van der Waals surface area contributed by atoms with E-state index in [9.17, 15) is 4.79 Å². The number of benzene rings is 2. The van der Waals surface area contributed by atoms with Crippen molar-refractivity contribution in [2.45, 2.75) is 24.3 Å². The van der Waals surface area contributed by atoms with Crippen LogP contribution in [0.5, 0.6) is 0 Å². The Labute approximate surface area is 153 Å². The molecular weight excluding hydrogens is 326 g/mol. The van der Waals surface area contributed by atoms with E-state index in [0.29, 0.717) is 26.2 Å². The molecule has 0 spiro atoms. The van der Waals surface area contributed by atoms with Gasteiger partial charge >= 0.3 is 6.09 Å². The molecular formula is C22H23NO3. The Balaban J connectivity index is 1.48. The first kappa shape index (κ1) is 16.9. The van der Waals surface area contributed by atoms with E-state index in [0.717, 1.165) is 6.42 Å². The van der Waals surface area contributed by atoms with Crippen LogP contribution in [-0.4, -0.2) is 31.5 Å². The molecule has 0 saturated carbocycles. The first-order chi connectivity index (χ1) is 12.7. The Morgan fingerprint density at radius 2 is 1.85 bits per heavy atom. The molecule has 0 aromatic heterocycles. The van der Waals surface area contributed by atoms with Crippen LogP contribution < -0.4 is 5.32 Å². The highest BCUT2D eigenvalue weighted by atomic mass is 16.5. The molecule has 4 rings (SSSR count). The summed E-state index contributed by atoms with van der Waals surface area (Å²) < 4.78 is 11.1. The van der Waals surface area contributed by atoms with Crippen LogP contribution >= 0.6 is 0 Å². The Kier molecular flexibility index (Phi) is 4.51. The van der Waals surface area contributed by atoms with E-state index in [1.54, 1.807) is 0 Å². The zero-order valence-corrected chi connectivity index (χ0v) is 14.7. The third-order valence-electron chi connectivity index (χ3n) is 5.35. The smallest absolute Gasteiger partial charge is 0.407 e. The molecule has 134 valence electrons. The van der Waals surface area contributed by atoms with Gasteiger partial charge in [0.1, 0.15) is 6.61 Å². The van der Waals surface area contributed by atoms with Crippen LogP contribution in [0.3, 0.4) is 0 Å². The highest BCUT2D eigenvalue weighted by Gasteiger charge is 2.36. The third-order valence-corrected chi connectivity index (χ3v) is 5.35. The molecule has 2 aromatic carbocycles. The van der Waals surface area contributed by atoms with E-state index in [2.05, 4.69) is 36.2 Å². The number of amides is 1. The van der Waals surface area contributed by atoms with Gasteiger partial charge in [-0.1, -0.05) is 54.6 Å². The van der Waals surface area contributed by atoms with Crippen molar-refractivity contribution in [3.8, 4) is 11.1 Å². The molecule has 1 fully saturated rings. The molecule has 4 heteroatoms. The summed E-state index contributed by atoms with van der Waals surface area (Å²) in [5.74, 6) is 0.0725. The molecule has 26 heavy (non-hydrogen) atoms. The summed E-state index contributed by atoms with van der Waals surface area (Å²) in [5.41, 5.74) is 4.50. The minimum Gasteiger partial charge on any atom is -0.449 e. The number of carbonyl (C=O) groups is 1. The van der Waals surface area contributed by atoms with Crippen molar-refractivity contribution in [3.63, 3.8) is 0 Å². The van der Waals surface area contributed by atoms with Crippen molar-refractivity contribution >= 4 is 6.09 Å². The molecule has 1 amide bonds. The van der Waals surface area contributed by atoms with Gasteiger partial charge in [-0.25, -0.2) is 4.79 Å². The van der Waals surface area contributed by atoms with Crippen molar-refractivity contribution in [3.05, 3.63) is 72.3 Å². The fourth-order valence-corrected chi connectivity index (χ4v) is 4.05. The highest BCUT2D eigenvalue weighted by molar-refractivity contribution is 5.79. The van der Waals surface area contributed by atoms with Crippen molar-refractivity contribution in [1.82, 2.24) is 5.32 Å².